The third-order valence-electron chi connectivity index (χ3n) is 2.82. The normalized spacial score (nSPS) is 10.9. The number of hydrogen-bond acceptors (Lipinski definition) is 4. The maximum absolute atomic E-state index is 4.35. The molecule has 92 valence electrons. The molecular weight excluding hydrogens is 244 g/mol. The van der Waals surface area contributed by atoms with Gasteiger partial charge in [-0.2, -0.15) is 0 Å². The van der Waals surface area contributed by atoms with Crippen LogP contribution in [-0.2, 0) is 13.0 Å². The molecule has 0 spiro atoms. The number of hydrogen-bond donors (Lipinski definition) is 2. The van der Waals surface area contributed by atoms with Crippen molar-refractivity contribution in [1.29, 1.82) is 0 Å². The first kappa shape index (κ1) is 11.2. The first-order valence-electron chi connectivity index (χ1n) is 5.96. The summed E-state index contributed by atoms with van der Waals surface area (Å²) in [6, 6.07) is 6.13. The monoisotopic (exact) mass is 258 g/mol. The lowest BCUT2D eigenvalue weighted by Crippen LogP contribution is -2.02. The zero-order valence-electron chi connectivity index (χ0n) is 10.1. The molecule has 0 bridgehead atoms. The molecule has 5 heteroatoms. The molecule has 1 aromatic rings. The topological polar surface area (TPSA) is 53.6 Å². The van der Waals surface area contributed by atoms with E-state index in [1.54, 1.807) is 17.7 Å². The second kappa shape index (κ2) is 4.78. The van der Waals surface area contributed by atoms with Crippen molar-refractivity contribution in [1.82, 2.24) is 15.0 Å². The fourth-order valence-electron chi connectivity index (χ4n) is 1.89. The summed E-state index contributed by atoms with van der Waals surface area (Å²) in [5.74, 6) is 0.917. The lowest BCUT2D eigenvalue weighted by molar-refractivity contribution is 1.08. The molecule has 0 radical (unpaired) electrons. The molecule has 0 unspecified atom stereocenters. The number of H-pyrrole nitrogens is 1. The van der Waals surface area contributed by atoms with Crippen molar-refractivity contribution in [3.8, 4) is 11.3 Å². The Labute approximate surface area is 109 Å². The fourth-order valence-corrected chi connectivity index (χ4v) is 2.70. The van der Waals surface area contributed by atoms with Gasteiger partial charge >= 0.3 is 0 Å². The summed E-state index contributed by atoms with van der Waals surface area (Å²) >= 11 is 1.75. The van der Waals surface area contributed by atoms with Crippen LogP contribution in [0.15, 0.2) is 30.7 Å². The van der Waals surface area contributed by atoms with Crippen molar-refractivity contribution in [2.75, 3.05) is 5.32 Å². The Kier molecular flexibility index (Phi) is 2.98. The highest BCUT2D eigenvalue weighted by Gasteiger charge is 2.09. The van der Waals surface area contributed by atoms with E-state index in [-0.39, 0.29) is 0 Å². The molecule has 3 rings (SSSR count). The van der Waals surface area contributed by atoms with Gasteiger partial charge in [0.25, 0.3) is 0 Å². The van der Waals surface area contributed by atoms with Crippen LogP contribution in [0.5, 0.6) is 0 Å². The second-order valence-electron chi connectivity index (χ2n) is 4.03. The Bertz CT molecular complexity index is 613. The summed E-state index contributed by atoms with van der Waals surface area (Å²) < 4.78 is 0. The molecule has 4 nitrogen and oxygen atoms in total. The predicted molar refractivity (Wildman–Crippen MR) is 74.0 cm³/mol. The van der Waals surface area contributed by atoms with Gasteiger partial charge < -0.3 is 10.3 Å². The van der Waals surface area contributed by atoms with E-state index in [1.807, 2.05) is 18.3 Å². The second-order valence-corrected chi connectivity index (χ2v) is 5.23. The molecule has 18 heavy (non-hydrogen) atoms. The molecule has 0 aromatic carbocycles. The Hall–Kier alpha value is -1.88. The fraction of sp³-hybridized carbons (Fsp3) is 0.231. The molecule has 1 aliphatic heterocycles. The van der Waals surface area contributed by atoms with Crippen molar-refractivity contribution >= 4 is 17.2 Å². The minimum absolute atomic E-state index is 0.773. The smallest absolute Gasteiger partial charge is 0.137 e. The summed E-state index contributed by atoms with van der Waals surface area (Å²) in [6.07, 6.45) is 4.65. The number of aromatic amines is 1. The summed E-state index contributed by atoms with van der Waals surface area (Å²) in [5.41, 5.74) is 2.23. The van der Waals surface area contributed by atoms with Gasteiger partial charge in [0.1, 0.15) is 5.82 Å². The molecule has 2 aliphatic rings. The zero-order valence-corrected chi connectivity index (χ0v) is 10.9. The summed E-state index contributed by atoms with van der Waals surface area (Å²) in [6.45, 7) is 2.90. The van der Waals surface area contributed by atoms with Crippen LogP contribution in [0.3, 0.4) is 0 Å². The average Bonchev–Trinajstić information content (AvgIpc) is 3.05. The quantitative estimate of drug-likeness (QED) is 0.756. The number of nitrogens with one attached hydrogen (secondary N) is 2. The van der Waals surface area contributed by atoms with Gasteiger partial charge in [0.15, 0.2) is 0 Å². The van der Waals surface area contributed by atoms with Gasteiger partial charge in [0, 0.05) is 16.6 Å². The number of anilines is 1. The number of aryl methyl sites for hydroxylation is 1. The van der Waals surface area contributed by atoms with E-state index in [2.05, 4.69) is 33.3 Å². The van der Waals surface area contributed by atoms with Gasteiger partial charge in [-0.15, -0.1) is 11.3 Å². The number of rotatable bonds is 4. The summed E-state index contributed by atoms with van der Waals surface area (Å²) in [5, 5.41) is 4.55. The number of aromatic nitrogens is 3. The molecule has 0 saturated carbocycles. The maximum Gasteiger partial charge on any atom is 0.137 e. The highest BCUT2D eigenvalue weighted by Crippen LogP contribution is 2.27. The Morgan fingerprint density at radius 1 is 1.33 bits per heavy atom. The lowest BCUT2D eigenvalue weighted by Gasteiger charge is -2.08. The first-order valence-corrected chi connectivity index (χ1v) is 6.78. The van der Waals surface area contributed by atoms with E-state index in [1.165, 1.54) is 9.88 Å². The van der Waals surface area contributed by atoms with Crippen LogP contribution in [0.2, 0.25) is 0 Å². The molecule has 2 heterocycles. The number of thiazole rings is 1. The van der Waals surface area contributed by atoms with E-state index in [0.717, 1.165) is 30.0 Å². The minimum atomic E-state index is 0.773. The molecule has 0 amide bonds. The molecule has 0 atom stereocenters. The van der Waals surface area contributed by atoms with Crippen LogP contribution in [0.25, 0.3) is 11.3 Å². The largest absolute Gasteiger partial charge is 0.365 e. The van der Waals surface area contributed by atoms with E-state index < -0.39 is 0 Å². The Balaban J connectivity index is 1.75. The van der Waals surface area contributed by atoms with Crippen molar-refractivity contribution in [3.05, 3.63) is 40.6 Å². The number of fused-ring (bicyclic) bond motifs is 1. The van der Waals surface area contributed by atoms with Gasteiger partial charge in [-0.1, -0.05) is 13.0 Å². The zero-order chi connectivity index (χ0) is 12.4. The molecule has 0 fully saturated rings. The lowest BCUT2D eigenvalue weighted by atomic mass is 10.2. The van der Waals surface area contributed by atoms with Crippen LogP contribution >= 0.6 is 11.3 Å². The third kappa shape index (κ3) is 2.09. The van der Waals surface area contributed by atoms with Crippen LogP contribution in [0.4, 0.5) is 5.82 Å². The van der Waals surface area contributed by atoms with Gasteiger partial charge in [-0.25, -0.2) is 9.97 Å². The predicted octanol–water partition coefficient (Wildman–Crippen LogP) is 3.15. The molecule has 1 aliphatic carbocycles. The molecular formula is C13H14N4S. The third-order valence-corrected chi connectivity index (χ3v) is 3.96. The van der Waals surface area contributed by atoms with Crippen LogP contribution in [0, 0.1) is 0 Å². The summed E-state index contributed by atoms with van der Waals surface area (Å²) in [4.78, 5) is 13.0. The van der Waals surface area contributed by atoms with E-state index in [4.69, 9.17) is 0 Å². The first-order chi connectivity index (χ1) is 8.86. The van der Waals surface area contributed by atoms with Crippen molar-refractivity contribution in [2.45, 2.75) is 19.9 Å². The molecule has 0 saturated heterocycles. The highest BCUT2D eigenvalue weighted by molar-refractivity contribution is 7.11. The van der Waals surface area contributed by atoms with Crippen molar-refractivity contribution in [2.24, 2.45) is 0 Å². The van der Waals surface area contributed by atoms with E-state index in [9.17, 15) is 0 Å². The Morgan fingerprint density at radius 2 is 2.28 bits per heavy atom. The van der Waals surface area contributed by atoms with Gasteiger partial charge in [-0.05, 0) is 18.6 Å². The SMILES string of the molecule is CCc1ncc(CNc2nc[nH]c3cccc2-3)s1. The van der Waals surface area contributed by atoms with Crippen LogP contribution in [-0.4, -0.2) is 15.0 Å². The van der Waals surface area contributed by atoms with E-state index >= 15 is 0 Å². The highest BCUT2D eigenvalue weighted by atomic mass is 32.1. The summed E-state index contributed by atoms with van der Waals surface area (Å²) in [7, 11) is 0. The maximum atomic E-state index is 4.35. The average molecular weight is 258 g/mol. The number of nitrogens with zero attached hydrogens (tertiary/aromatic N) is 2. The van der Waals surface area contributed by atoms with Gasteiger partial charge in [-0.3, -0.25) is 0 Å². The van der Waals surface area contributed by atoms with Crippen molar-refractivity contribution in [3.63, 3.8) is 0 Å². The minimum Gasteiger partial charge on any atom is -0.365 e. The van der Waals surface area contributed by atoms with Crippen LogP contribution < -0.4 is 5.32 Å². The van der Waals surface area contributed by atoms with Gasteiger partial charge in [0.05, 0.1) is 23.6 Å². The molecule has 1 aromatic heterocycles. The van der Waals surface area contributed by atoms with Crippen LogP contribution in [0.1, 0.15) is 16.8 Å². The molecule has 2 N–H and O–H groups in total. The van der Waals surface area contributed by atoms with Gasteiger partial charge in [0.2, 0.25) is 0 Å². The van der Waals surface area contributed by atoms with E-state index in [0.29, 0.717) is 0 Å². The van der Waals surface area contributed by atoms with Crippen molar-refractivity contribution < 1.29 is 0 Å². The Morgan fingerprint density at radius 3 is 3.11 bits per heavy atom. The standard InChI is InChI=1S/C13H14N4S/c1-2-12-14-6-9(18-12)7-15-13-10-4-3-5-11(10)16-8-17-13/h3-6,8,15H,2,7H2,1H3,(H,16,17).